The van der Waals surface area contributed by atoms with E-state index in [0.717, 1.165) is 49.7 Å². The third-order valence-electron chi connectivity index (χ3n) is 4.91. The summed E-state index contributed by atoms with van der Waals surface area (Å²) in [6.45, 7) is 10.1. The number of aromatic nitrogens is 1. The standard InChI is InChI=1S/C19H26N4O2S/c1-13-5-4-6-16(14(13)2)25-12-18(24)23-9-7-22(8-10-23)11-17-15(3)21-19(20)26-17/h4-6H,7-12H2,1-3H3,(H2,20,21). The number of piperazine rings is 1. The van der Waals surface area contributed by atoms with Gasteiger partial charge >= 0.3 is 0 Å². The van der Waals surface area contributed by atoms with Crippen molar-refractivity contribution >= 4 is 22.4 Å². The molecule has 3 rings (SSSR count). The third-order valence-corrected chi connectivity index (χ3v) is 5.88. The van der Waals surface area contributed by atoms with Crippen LogP contribution in [0.25, 0.3) is 0 Å². The van der Waals surface area contributed by atoms with Crippen LogP contribution in [-0.2, 0) is 11.3 Å². The van der Waals surface area contributed by atoms with Crippen molar-refractivity contribution in [3.8, 4) is 5.75 Å². The fourth-order valence-corrected chi connectivity index (χ4v) is 3.94. The second-order valence-electron chi connectivity index (χ2n) is 6.70. The largest absolute Gasteiger partial charge is 0.483 e. The van der Waals surface area contributed by atoms with Crippen LogP contribution in [-0.4, -0.2) is 53.5 Å². The molecule has 6 nitrogen and oxygen atoms in total. The minimum Gasteiger partial charge on any atom is -0.483 e. The molecule has 0 unspecified atom stereocenters. The van der Waals surface area contributed by atoms with Crippen LogP contribution in [0.4, 0.5) is 5.13 Å². The quantitative estimate of drug-likeness (QED) is 0.870. The molecule has 1 aliphatic rings. The molecule has 7 heteroatoms. The van der Waals surface area contributed by atoms with Crippen LogP contribution in [0.2, 0.25) is 0 Å². The SMILES string of the molecule is Cc1cccc(OCC(=O)N2CCN(Cc3sc(N)nc3C)CC2)c1C. The van der Waals surface area contributed by atoms with Crippen LogP contribution in [0.1, 0.15) is 21.7 Å². The molecule has 0 aliphatic carbocycles. The van der Waals surface area contributed by atoms with Gasteiger partial charge in [-0.1, -0.05) is 12.1 Å². The molecule has 1 saturated heterocycles. The second kappa shape index (κ2) is 8.05. The zero-order valence-electron chi connectivity index (χ0n) is 15.6. The van der Waals surface area contributed by atoms with E-state index in [4.69, 9.17) is 10.5 Å². The lowest BCUT2D eigenvalue weighted by Gasteiger charge is -2.34. The van der Waals surface area contributed by atoms with Crippen molar-refractivity contribution in [1.29, 1.82) is 0 Å². The lowest BCUT2D eigenvalue weighted by atomic mass is 10.1. The molecule has 1 fully saturated rings. The molecular formula is C19H26N4O2S. The summed E-state index contributed by atoms with van der Waals surface area (Å²) in [6, 6.07) is 5.91. The number of benzene rings is 1. The molecule has 1 amide bonds. The van der Waals surface area contributed by atoms with Crippen molar-refractivity contribution in [2.24, 2.45) is 0 Å². The fourth-order valence-electron chi connectivity index (χ4n) is 3.07. The Hall–Kier alpha value is -2.12. The van der Waals surface area contributed by atoms with Crippen LogP contribution in [0.5, 0.6) is 5.75 Å². The highest BCUT2D eigenvalue weighted by molar-refractivity contribution is 7.15. The highest BCUT2D eigenvalue weighted by atomic mass is 32.1. The number of anilines is 1. The van der Waals surface area contributed by atoms with Gasteiger partial charge in [-0.25, -0.2) is 4.98 Å². The Morgan fingerprint density at radius 3 is 2.62 bits per heavy atom. The number of ether oxygens (including phenoxy) is 1. The predicted molar refractivity (Wildman–Crippen MR) is 105 cm³/mol. The molecule has 0 atom stereocenters. The van der Waals surface area contributed by atoms with Crippen LogP contribution >= 0.6 is 11.3 Å². The van der Waals surface area contributed by atoms with Crippen molar-refractivity contribution < 1.29 is 9.53 Å². The first-order valence-electron chi connectivity index (χ1n) is 8.85. The zero-order valence-corrected chi connectivity index (χ0v) is 16.4. The number of aryl methyl sites for hydroxylation is 2. The number of carbonyl (C=O) groups is 1. The number of hydrogen-bond donors (Lipinski definition) is 1. The van der Waals surface area contributed by atoms with Crippen molar-refractivity contribution in [1.82, 2.24) is 14.8 Å². The van der Waals surface area contributed by atoms with Crippen molar-refractivity contribution in [2.75, 3.05) is 38.5 Å². The van der Waals surface area contributed by atoms with Gasteiger partial charge in [0, 0.05) is 37.6 Å². The Labute approximate surface area is 158 Å². The van der Waals surface area contributed by atoms with Gasteiger partial charge in [0.1, 0.15) is 5.75 Å². The summed E-state index contributed by atoms with van der Waals surface area (Å²) >= 11 is 1.55. The molecule has 0 saturated carbocycles. The number of nitrogens with two attached hydrogens (primary N) is 1. The Morgan fingerprint density at radius 1 is 1.23 bits per heavy atom. The minimum absolute atomic E-state index is 0.0452. The normalized spacial score (nSPS) is 15.3. The highest BCUT2D eigenvalue weighted by Crippen LogP contribution is 2.22. The summed E-state index contributed by atoms with van der Waals surface area (Å²) in [7, 11) is 0. The Kier molecular flexibility index (Phi) is 5.78. The molecule has 2 aromatic rings. The number of carbonyl (C=O) groups excluding carboxylic acids is 1. The van der Waals surface area contributed by atoms with Crippen LogP contribution < -0.4 is 10.5 Å². The van der Waals surface area contributed by atoms with Gasteiger partial charge in [-0.3, -0.25) is 9.69 Å². The van der Waals surface area contributed by atoms with Crippen molar-refractivity contribution in [3.63, 3.8) is 0 Å². The van der Waals surface area contributed by atoms with E-state index in [9.17, 15) is 4.79 Å². The Morgan fingerprint density at radius 2 is 1.96 bits per heavy atom. The average molecular weight is 375 g/mol. The van der Waals surface area contributed by atoms with Gasteiger partial charge in [0.25, 0.3) is 5.91 Å². The smallest absolute Gasteiger partial charge is 0.260 e. The van der Waals surface area contributed by atoms with E-state index in [1.54, 1.807) is 11.3 Å². The number of rotatable bonds is 5. The summed E-state index contributed by atoms with van der Waals surface area (Å²) in [6.07, 6.45) is 0. The van der Waals surface area contributed by atoms with Gasteiger partial charge < -0.3 is 15.4 Å². The van der Waals surface area contributed by atoms with Gasteiger partial charge in [0.15, 0.2) is 11.7 Å². The number of nitrogens with zero attached hydrogens (tertiary/aromatic N) is 3. The number of thiazole rings is 1. The molecule has 26 heavy (non-hydrogen) atoms. The van der Waals surface area contributed by atoms with Crippen molar-refractivity contribution in [3.05, 3.63) is 39.9 Å². The first-order valence-corrected chi connectivity index (χ1v) is 9.66. The molecule has 0 radical (unpaired) electrons. The third kappa shape index (κ3) is 4.34. The molecule has 2 heterocycles. The molecule has 0 spiro atoms. The monoisotopic (exact) mass is 374 g/mol. The molecule has 1 aliphatic heterocycles. The van der Waals surface area contributed by atoms with E-state index in [2.05, 4.69) is 9.88 Å². The maximum atomic E-state index is 12.4. The van der Waals surface area contributed by atoms with E-state index in [1.165, 1.54) is 10.4 Å². The van der Waals surface area contributed by atoms with E-state index >= 15 is 0 Å². The molecule has 140 valence electrons. The zero-order chi connectivity index (χ0) is 18.7. The summed E-state index contributed by atoms with van der Waals surface area (Å²) < 4.78 is 5.75. The van der Waals surface area contributed by atoms with Gasteiger partial charge in [-0.2, -0.15) is 0 Å². The maximum Gasteiger partial charge on any atom is 0.260 e. The maximum absolute atomic E-state index is 12.4. The molecule has 1 aromatic heterocycles. The predicted octanol–water partition coefficient (Wildman–Crippen LogP) is 2.37. The fraction of sp³-hybridized carbons (Fsp3) is 0.474. The van der Waals surface area contributed by atoms with E-state index in [1.807, 2.05) is 43.9 Å². The molecule has 1 aromatic carbocycles. The Balaban J connectivity index is 1.47. The number of hydrogen-bond acceptors (Lipinski definition) is 6. The topological polar surface area (TPSA) is 71.7 Å². The van der Waals surface area contributed by atoms with E-state index in [0.29, 0.717) is 5.13 Å². The molecule has 2 N–H and O–H groups in total. The van der Waals surface area contributed by atoms with Crippen LogP contribution in [0, 0.1) is 20.8 Å². The average Bonchev–Trinajstić information content (AvgIpc) is 2.94. The minimum atomic E-state index is 0.0452. The Bertz CT molecular complexity index is 782. The summed E-state index contributed by atoms with van der Waals surface area (Å²) in [5.74, 6) is 0.832. The van der Waals surface area contributed by atoms with Crippen molar-refractivity contribution in [2.45, 2.75) is 27.3 Å². The van der Waals surface area contributed by atoms with Gasteiger partial charge in [-0.05, 0) is 38.0 Å². The number of amides is 1. The van der Waals surface area contributed by atoms with Crippen LogP contribution in [0.15, 0.2) is 18.2 Å². The first-order chi connectivity index (χ1) is 12.4. The first kappa shape index (κ1) is 18.7. The van der Waals surface area contributed by atoms with Gasteiger partial charge in [-0.15, -0.1) is 11.3 Å². The summed E-state index contributed by atoms with van der Waals surface area (Å²) in [5.41, 5.74) is 9.03. The lowest BCUT2D eigenvalue weighted by molar-refractivity contribution is -0.135. The number of nitrogen functional groups attached to an aromatic ring is 1. The molecule has 0 bridgehead atoms. The summed E-state index contributed by atoms with van der Waals surface area (Å²) in [4.78, 5) is 22.2. The van der Waals surface area contributed by atoms with Gasteiger partial charge in [0.2, 0.25) is 0 Å². The summed E-state index contributed by atoms with van der Waals surface area (Å²) in [5, 5.41) is 0.620. The van der Waals surface area contributed by atoms with Gasteiger partial charge in [0.05, 0.1) is 5.69 Å². The molecular weight excluding hydrogens is 348 g/mol. The van der Waals surface area contributed by atoms with Crippen LogP contribution in [0.3, 0.4) is 0 Å². The lowest BCUT2D eigenvalue weighted by Crippen LogP contribution is -2.49. The second-order valence-corrected chi connectivity index (χ2v) is 7.82. The van der Waals surface area contributed by atoms with E-state index < -0.39 is 0 Å². The highest BCUT2D eigenvalue weighted by Gasteiger charge is 2.22. The van der Waals surface area contributed by atoms with E-state index in [-0.39, 0.29) is 12.5 Å².